The first-order valence-corrected chi connectivity index (χ1v) is 6.76. The smallest absolute Gasteiger partial charge is 0.311 e. The molecule has 1 aliphatic carbocycles. The highest BCUT2D eigenvalue weighted by molar-refractivity contribution is 5.81. The molecule has 2 aliphatic rings. The molecule has 0 spiro atoms. The molecule has 18 heavy (non-hydrogen) atoms. The Bertz CT molecular complexity index is 372. The minimum atomic E-state index is -0.712. The van der Waals surface area contributed by atoms with E-state index in [4.69, 9.17) is 0 Å². The van der Waals surface area contributed by atoms with Gasteiger partial charge in [0.05, 0.1) is 5.41 Å². The third-order valence-corrected chi connectivity index (χ3v) is 4.33. The standard InChI is InChI=1S/C14H23NO3/c1-13(2,3)7-11(16)15-8-10-5-4-6-14(10,9-15)12(17)18/h10H,4-9H2,1-3H3,(H,17,18)/t10-,14+/m0/s1. The van der Waals surface area contributed by atoms with Crippen molar-refractivity contribution in [1.29, 1.82) is 0 Å². The average molecular weight is 253 g/mol. The van der Waals surface area contributed by atoms with Crippen LogP contribution in [0.15, 0.2) is 0 Å². The van der Waals surface area contributed by atoms with Gasteiger partial charge in [0.25, 0.3) is 0 Å². The zero-order chi connectivity index (χ0) is 13.6. The Hall–Kier alpha value is -1.06. The zero-order valence-electron chi connectivity index (χ0n) is 11.5. The summed E-state index contributed by atoms with van der Waals surface area (Å²) in [5, 5.41) is 9.47. The van der Waals surface area contributed by atoms with Crippen LogP contribution in [0.1, 0.15) is 46.5 Å². The van der Waals surface area contributed by atoms with Crippen molar-refractivity contribution in [3.63, 3.8) is 0 Å². The Kier molecular flexibility index (Phi) is 3.16. The van der Waals surface area contributed by atoms with E-state index >= 15 is 0 Å². The van der Waals surface area contributed by atoms with Crippen LogP contribution < -0.4 is 0 Å². The molecule has 4 heteroatoms. The van der Waals surface area contributed by atoms with E-state index in [1.54, 1.807) is 4.90 Å². The maximum Gasteiger partial charge on any atom is 0.311 e. The summed E-state index contributed by atoms with van der Waals surface area (Å²) >= 11 is 0. The summed E-state index contributed by atoms with van der Waals surface area (Å²) in [6, 6.07) is 0. The van der Waals surface area contributed by atoms with E-state index in [-0.39, 0.29) is 17.2 Å². The predicted octanol–water partition coefficient (Wildman–Crippen LogP) is 2.14. The number of hydrogen-bond donors (Lipinski definition) is 1. The summed E-state index contributed by atoms with van der Waals surface area (Å²) in [6.07, 6.45) is 3.16. The van der Waals surface area contributed by atoms with Gasteiger partial charge in [0, 0.05) is 19.5 Å². The molecule has 1 saturated carbocycles. The minimum Gasteiger partial charge on any atom is -0.481 e. The van der Waals surface area contributed by atoms with Crippen molar-refractivity contribution in [3.8, 4) is 0 Å². The molecule has 0 aromatic rings. The van der Waals surface area contributed by atoms with Gasteiger partial charge >= 0.3 is 5.97 Å². The SMILES string of the molecule is CC(C)(C)CC(=O)N1C[C@@H]2CCC[C@@]2(C(=O)O)C1. The molecule has 1 aliphatic heterocycles. The van der Waals surface area contributed by atoms with Crippen molar-refractivity contribution in [1.82, 2.24) is 4.90 Å². The van der Waals surface area contributed by atoms with Crippen LogP contribution in [-0.2, 0) is 9.59 Å². The Morgan fingerprint density at radius 3 is 2.56 bits per heavy atom. The summed E-state index contributed by atoms with van der Waals surface area (Å²) in [7, 11) is 0. The van der Waals surface area contributed by atoms with E-state index in [0.29, 0.717) is 19.5 Å². The molecule has 4 nitrogen and oxygen atoms in total. The van der Waals surface area contributed by atoms with E-state index in [9.17, 15) is 14.7 Å². The van der Waals surface area contributed by atoms with Crippen LogP contribution in [0, 0.1) is 16.7 Å². The van der Waals surface area contributed by atoms with Gasteiger partial charge in [-0.15, -0.1) is 0 Å². The van der Waals surface area contributed by atoms with Crippen LogP contribution >= 0.6 is 0 Å². The van der Waals surface area contributed by atoms with Crippen LogP contribution in [0.25, 0.3) is 0 Å². The van der Waals surface area contributed by atoms with Gasteiger partial charge in [-0.25, -0.2) is 0 Å². The Morgan fingerprint density at radius 1 is 1.39 bits per heavy atom. The zero-order valence-corrected chi connectivity index (χ0v) is 11.5. The number of amides is 1. The van der Waals surface area contributed by atoms with Gasteiger partial charge in [0.2, 0.25) is 5.91 Å². The number of carbonyl (C=O) groups excluding carboxylic acids is 1. The number of rotatable bonds is 2. The Labute approximate surface area is 108 Å². The second-order valence-electron chi connectivity index (χ2n) is 7.06. The van der Waals surface area contributed by atoms with Crippen LogP contribution in [0.2, 0.25) is 0 Å². The number of fused-ring (bicyclic) bond motifs is 1. The number of carbonyl (C=O) groups is 2. The van der Waals surface area contributed by atoms with Gasteiger partial charge in [-0.2, -0.15) is 0 Å². The van der Waals surface area contributed by atoms with Gasteiger partial charge in [0.15, 0.2) is 0 Å². The van der Waals surface area contributed by atoms with Gasteiger partial charge in [-0.05, 0) is 24.2 Å². The van der Waals surface area contributed by atoms with Crippen LogP contribution in [0.3, 0.4) is 0 Å². The van der Waals surface area contributed by atoms with E-state index in [1.165, 1.54) is 0 Å². The lowest BCUT2D eigenvalue weighted by Crippen LogP contribution is -2.38. The molecule has 1 heterocycles. The van der Waals surface area contributed by atoms with Crippen molar-refractivity contribution in [2.45, 2.75) is 46.5 Å². The van der Waals surface area contributed by atoms with Gasteiger partial charge in [0.1, 0.15) is 0 Å². The first kappa shape index (κ1) is 13.4. The molecule has 2 fully saturated rings. The molecular weight excluding hydrogens is 230 g/mol. The average Bonchev–Trinajstić information content (AvgIpc) is 2.69. The molecule has 102 valence electrons. The molecule has 0 radical (unpaired) electrons. The fraction of sp³-hybridized carbons (Fsp3) is 0.857. The normalized spacial score (nSPS) is 31.5. The largest absolute Gasteiger partial charge is 0.481 e. The van der Waals surface area contributed by atoms with E-state index in [1.807, 2.05) is 20.8 Å². The number of likely N-dealkylation sites (tertiary alicyclic amines) is 1. The highest BCUT2D eigenvalue weighted by Gasteiger charge is 2.55. The maximum atomic E-state index is 12.2. The fourth-order valence-corrected chi connectivity index (χ4v) is 3.39. The van der Waals surface area contributed by atoms with E-state index in [0.717, 1.165) is 19.3 Å². The highest BCUT2D eigenvalue weighted by Crippen LogP contribution is 2.49. The first-order valence-electron chi connectivity index (χ1n) is 6.76. The van der Waals surface area contributed by atoms with E-state index < -0.39 is 11.4 Å². The second kappa shape index (κ2) is 4.25. The first-order chi connectivity index (χ1) is 8.24. The summed E-state index contributed by atoms with van der Waals surface area (Å²) in [4.78, 5) is 25.5. The molecule has 1 N–H and O–H groups in total. The molecule has 0 bridgehead atoms. The molecule has 0 aromatic heterocycles. The topological polar surface area (TPSA) is 57.6 Å². The third-order valence-electron chi connectivity index (χ3n) is 4.33. The summed E-state index contributed by atoms with van der Waals surface area (Å²) < 4.78 is 0. The predicted molar refractivity (Wildman–Crippen MR) is 68.1 cm³/mol. The minimum absolute atomic E-state index is 0.0365. The van der Waals surface area contributed by atoms with Crippen molar-refractivity contribution in [3.05, 3.63) is 0 Å². The Balaban J connectivity index is 2.08. The van der Waals surface area contributed by atoms with Gasteiger partial charge < -0.3 is 10.0 Å². The van der Waals surface area contributed by atoms with Gasteiger partial charge in [-0.3, -0.25) is 9.59 Å². The van der Waals surface area contributed by atoms with Crippen molar-refractivity contribution in [2.75, 3.05) is 13.1 Å². The van der Waals surface area contributed by atoms with Crippen LogP contribution in [0.5, 0.6) is 0 Å². The van der Waals surface area contributed by atoms with Crippen LogP contribution in [0.4, 0.5) is 0 Å². The van der Waals surface area contributed by atoms with Crippen molar-refractivity contribution in [2.24, 2.45) is 16.7 Å². The molecule has 0 aromatic carbocycles. The summed E-state index contributed by atoms with van der Waals surface area (Å²) in [5.74, 6) is -0.437. The van der Waals surface area contributed by atoms with Crippen LogP contribution in [-0.4, -0.2) is 35.0 Å². The molecule has 1 amide bonds. The molecule has 2 atom stereocenters. The lowest BCUT2D eigenvalue weighted by atomic mass is 9.81. The summed E-state index contributed by atoms with van der Waals surface area (Å²) in [5.41, 5.74) is -0.682. The van der Waals surface area contributed by atoms with E-state index in [2.05, 4.69) is 0 Å². The quantitative estimate of drug-likeness (QED) is 0.820. The molecule has 2 rings (SSSR count). The lowest BCUT2D eigenvalue weighted by molar-refractivity contribution is -0.149. The Morgan fingerprint density at radius 2 is 2.06 bits per heavy atom. The molecule has 1 saturated heterocycles. The third kappa shape index (κ3) is 2.25. The maximum absolute atomic E-state index is 12.2. The van der Waals surface area contributed by atoms with Crippen molar-refractivity contribution >= 4 is 11.9 Å². The number of hydrogen-bond acceptors (Lipinski definition) is 2. The summed E-state index contributed by atoms with van der Waals surface area (Å²) in [6.45, 7) is 7.17. The number of aliphatic carboxylic acids is 1. The highest BCUT2D eigenvalue weighted by atomic mass is 16.4. The van der Waals surface area contributed by atoms with Crippen molar-refractivity contribution < 1.29 is 14.7 Å². The molecule has 0 unspecified atom stereocenters. The molecular formula is C14H23NO3. The van der Waals surface area contributed by atoms with Gasteiger partial charge in [-0.1, -0.05) is 27.2 Å². The number of carboxylic acids is 1. The lowest BCUT2D eigenvalue weighted by Gasteiger charge is -2.25. The monoisotopic (exact) mass is 253 g/mol. The fourth-order valence-electron chi connectivity index (χ4n) is 3.39. The second-order valence-corrected chi connectivity index (χ2v) is 7.06. The number of carboxylic acid groups (broad SMARTS) is 1. The number of nitrogens with zero attached hydrogens (tertiary/aromatic N) is 1.